The molecule has 0 aliphatic carbocycles. The highest BCUT2D eigenvalue weighted by atomic mass is 16.6. The fraction of sp³-hybridized carbons (Fsp3) is 0.190. The Balaban J connectivity index is 1.60. The van der Waals surface area contributed by atoms with Crippen molar-refractivity contribution in [2.75, 3.05) is 18.5 Å². The molecule has 0 bridgehead atoms. The first-order valence-electron chi connectivity index (χ1n) is 8.94. The highest BCUT2D eigenvalue weighted by Crippen LogP contribution is 2.14. The van der Waals surface area contributed by atoms with Gasteiger partial charge in [0, 0.05) is 7.05 Å². The zero-order chi connectivity index (χ0) is 20.8. The molecule has 0 unspecified atom stereocenters. The predicted molar refractivity (Wildman–Crippen MR) is 107 cm³/mol. The van der Waals surface area contributed by atoms with Gasteiger partial charge in [0.1, 0.15) is 11.4 Å². The van der Waals surface area contributed by atoms with Crippen LogP contribution in [0.5, 0.6) is 5.75 Å². The van der Waals surface area contributed by atoms with Crippen molar-refractivity contribution in [3.8, 4) is 11.4 Å². The normalized spacial score (nSPS) is 10.4. The lowest BCUT2D eigenvalue weighted by Crippen LogP contribution is -2.27. The standard InChI is InChI=1S/C21H21N3O5/c1-15-20(21(27)24(23(15)2)16-9-5-3-6-10-16)22-18(25)13-29-19(26)14-28-17-11-7-4-8-12-17/h3-12H,13-14H2,1-2H3,(H,22,25). The van der Waals surface area contributed by atoms with Crippen LogP contribution in [-0.2, 0) is 21.4 Å². The van der Waals surface area contributed by atoms with Gasteiger partial charge in [-0.2, -0.15) is 0 Å². The van der Waals surface area contributed by atoms with E-state index in [0.717, 1.165) is 0 Å². The van der Waals surface area contributed by atoms with E-state index in [9.17, 15) is 14.4 Å². The lowest BCUT2D eigenvalue weighted by Gasteiger charge is -2.07. The molecule has 0 radical (unpaired) electrons. The Labute approximate surface area is 167 Å². The minimum Gasteiger partial charge on any atom is -0.482 e. The minimum absolute atomic E-state index is 0.137. The van der Waals surface area contributed by atoms with Crippen molar-refractivity contribution in [2.45, 2.75) is 6.92 Å². The van der Waals surface area contributed by atoms with Crippen molar-refractivity contribution < 1.29 is 19.1 Å². The first kappa shape index (κ1) is 19.9. The van der Waals surface area contributed by atoms with Gasteiger partial charge >= 0.3 is 5.97 Å². The number of carbonyl (C=O) groups excluding carboxylic acids is 2. The molecule has 29 heavy (non-hydrogen) atoms. The molecular formula is C21H21N3O5. The quantitative estimate of drug-likeness (QED) is 0.618. The predicted octanol–water partition coefficient (Wildman–Crippen LogP) is 2.05. The average molecular weight is 395 g/mol. The summed E-state index contributed by atoms with van der Waals surface area (Å²) in [4.78, 5) is 36.7. The molecule has 0 aliphatic rings. The Bertz CT molecular complexity index is 1060. The van der Waals surface area contributed by atoms with E-state index in [4.69, 9.17) is 9.47 Å². The minimum atomic E-state index is -0.685. The van der Waals surface area contributed by atoms with E-state index >= 15 is 0 Å². The highest BCUT2D eigenvalue weighted by molar-refractivity contribution is 5.93. The van der Waals surface area contributed by atoms with E-state index in [1.165, 1.54) is 4.68 Å². The second kappa shape index (κ2) is 8.92. The Morgan fingerprint density at radius 2 is 1.59 bits per heavy atom. The van der Waals surface area contributed by atoms with Gasteiger partial charge in [0.2, 0.25) is 0 Å². The lowest BCUT2D eigenvalue weighted by atomic mass is 10.3. The molecule has 1 aromatic heterocycles. The second-order valence-corrected chi connectivity index (χ2v) is 6.25. The number of benzene rings is 2. The third-order valence-corrected chi connectivity index (χ3v) is 4.28. The number of hydrogen-bond donors (Lipinski definition) is 1. The zero-order valence-electron chi connectivity index (χ0n) is 16.1. The average Bonchev–Trinajstić information content (AvgIpc) is 2.95. The van der Waals surface area contributed by atoms with Crippen molar-refractivity contribution in [1.82, 2.24) is 9.36 Å². The summed E-state index contributed by atoms with van der Waals surface area (Å²) in [6, 6.07) is 17.9. The number of anilines is 1. The molecule has 0 aliphatic heterocycles. The molecule has 8 nitrogen and oxygen atoms in total. The molecule has 8 heteroatoms. The van der Waals surface area contributed by atoms with Crippen LogP contribution in [0.1, 0.15) is 5.69 Å². The van der Waals surface area contributed by atoms with Crippen LogP contribution in [0, 0.1) is 6.92 Å². The van der Waals surface area contributed by atoms with E-state index in [1.54, 1.807) is 55.1 Å². The van der Waals surface area contributed by atoms with Crippen LogP contribution in [0.4, 0.5) is 5.69 Å². The molecule has 3 rings (SSSR count). The van der Waals surface area contributed by atoms with E-state index in [0.29, 0.717) is 17.1 Å². The van der Waals surface area contributed by atoms with Gasteiger partial charge < -0.3 is 14.8 Å². The van der Waals surface area contributed by atoms with E-state index in [-0.39, 0.29) is 17.9 Å². The number of amides is 1. The third kappa shape index (κ3) is 4.73. The van der Waals surface area contributed by atoms with Gasteiger partial charge in [-0.05, 0) is 31.2 Å². The van der Waals surface area contributed by atoms with Gasteiger partial charge in [-0.1, -0.05) is 36.4 Å². The molecule has 0 saturated carbocycles. The molecule has 1 heterocycles. The number of aromatic nitrogens is 2. The van der Waals surface area contributed by atoms with Gasteiger partial charge in [-0.3, -0.25) is 14.3 Å². The number of nitrogens with one attached hydrogen (secondary N) is 1. The maximum Gasteiger partial charge on any atom is 0.344 e. The van der Waals surface area contributed by atoms with Gasteiger partial charge in [0.15, 0.2) is 13.2 Å². The fourth-order valence-electron chi connectivity index (χ4n) is 2.73. The number of esters is 1. The Kier molecular flexibility index (Phi) is 6.13. The molecule has 150 valence electrons. The summed E-state index contributed by atoms with van der Waals surface area (Å²) in [5.74, 6) is -0.769. The molecule has 0 fully saturated rings. The summed E-state index contributed by atoms with van der Waals surface area (Å²) < 4.78 is 13.3. The highest BCUT2D eigenvalue weighted by Gasteiger charge is 2.18. The summed E-state index contributed by atoms with van der Waals surface area (Å²) >= 11 is 0. The first-order chi connectivity index (χ1) is 14.0. The Morgan fingerprint density at radius 1 is 0.966 bits per heavy atom. The van der Waals surface area contributed by atoms with E-state index in [1.807, 2.05) is 24.3 Å². The number of carbonyl (C=O) groups is 2. The Hall–Kier alpha value is -3.81. The van der Waals surface area contributed by atoms with Crippen molar-refractivity contribution in [1.29, 1.82) is 0 Å². The van der Waals surface area contributed by atoms with Crippen molar-refractivity contribution >= 4 is 17.6 Å². The molecule has 1 amide bonds. The van der Waals surface area contributed by atoms with Crippen LogP contribution in [0.15, 0.2) is 65.5 Å². The second-order valence-electron chi connectivity index (χ2n) is 6.25. The number of rotatable bonds is 7. The van der Waals surface area contributed by atoms with Gasteiger partial charge in [0.05, 0.1) is 11.4 Å². The number of para-hydroxylation sites is 2. The molecular weight excluding hydrogens is 374 g/mol. The lowest BCUT2D eigenvalue weighted by molar-refractivity contribution is -0.149. The van der Waals surface area contributed by atoms with Crippen molar-refractivity contribution in [2.24, 2.45) is 7.05 Å². The molecule has 0 spiro atoms. The monoisotopic (exact) mass is 395 g/mol. The zero-order valence-corrected chi connectivity index (χ0v) is 16.1. The summed E-state index contributed by atoms with van der Waals surface area (Å²) in [5.41, 5.74) is 1.01. The van der Waals surface area contributed by atoms with Crippen molar-refractivity contribution in [3.63, 3.8) is 0 Å². The van der Waals surface area contributed by atoms with Crippen LogP contribution < -0.4 is 15.6 Å². The van der Waals surface area contributed by atoms with Crippen LogP contribution >= 0.6 is 0 Å². The summed E-state index contributed by atoms with van der Waals surface area (Å²) in [5, 5.41) is 2.53. The first-order valence-corrected chi connectivity index (χ1v) is 8.94. The van der Waals surface area contributed by atoms with Crippen molar-refractivity contribution in [3.05, 3.63) is 76.7 Å². The summed E-state index contributed by atoms with van der Waals surface area (Å²) in [6.07, 6.45) is 0. The number of hydrogen-bond acceptors (Lipinski definition) is 5. The van der Waals surface area contributed by atoms with E-state index in [2.05, 4.69) is 5.32 Å². The smallest absolute Gasteiger partial charge is 0.344 e. The van der Waals surface area contributed by atoms with Gasteiger partial charge in [-0.15, -0.1) is 0 Å². The summed E-state index contributed by atoms with van der Waals surface area (Å²) in [7, 11) is 1.72. The maximum absolute atomic E-state index is 12.7. The fourth-order valence-corrected chi connectivity index (χ4v) is 2.73. The van der Waals surface area contributed by atoms with Gasteiger partial charge in [0.25, 0.3) is 11.5 Å². The number of nitrogens with zero attached hydrogens (tertiary/aromatic N) is 2. The van der Waals surface area contributed by atoms with Crippen LogP contribution in [0.3, 0.4) is 0 Å². The molecule has 1 N–H and O–H groups in total. The SMILES string of the molecule is Cc1c(NC(=O)COC(=O)COc2ccccc2)c(=O)n(-c2ccccc2)n1C. The molecule has 2 aromatic carbocycles. The summed E-state index contributed by atoms with van der Waals surface area (Å²) in [6.45, 7) is 0.884. The van der Waals surface area contributed by atoms with Crippen LogP contribution in [-0.4, -0.2) is 34.5 Å². The molecule has 0 atom stereocenters. The topological polar surface area (TPSA) is 91.6 Å². The van der Waals surface area contributed by atoms with Crippen LogP contribution in [0.25, 0.3) is 5.69 Å². The number of ether oxygens (including phenoxy) is 2. The third-order valence-electron chi connectivity index (χ3n) is 4.28. The molecule has 3 aromatic rings. The largest absolute Gasteiger partial charge is 0.482 e. The van der Waals surface area contributed by atoms with Crippen LogP contribution in [0.2, 0.25) is 0 Å². The Morgan fingerprint density at radius 3 is 2.24 bits per heavy atom. The molecule has 0 saturated heterocycles. The maximum atomic E-state index is 12.7. The van der Waals surface area contributed by atoms with Gasteiger partial charge in [-0.25, -0.2) is 9.48 Å². The van der Waals surface area contributed by atoms with E-state index < -0.39 is 18.5 Å².